The molecule has 0 saturated carbocycles. The fourth-order valence-corrected chi connectivity index (χ4v) is 5.40. The fourth-order valence-electron chi connectivity index (χ4n) is 1.55. The van der Waals surface area contributed by atoms with Gasteiger partial charge in [-0.25, -0.2) is 12.7 Å². The Morgan fingerprint density at radius 2 is 2.21 bits per heavy atom. The molecule has 1 rings (SSSR count). The van der Waals surface area contributed by atoms with Gasteiger partial charge in [0.25, 0.3) is 0 Å². The van der Waals surface area contributed by atoms with Gasteiger partial charge in [0.2, 0.25) is 10.0 Å². The zero-order chi connectivity index (χ0) is 14.5. The summed E-state index contributed by atoms with van der Waals surface area (Å²) < 4.78 is 31.8. The summed E-state index contributed by atoms with van der Waals surface area (Å²) in [5.41, 5.74) is 0. The van der Waals surface area contributed by atoms with E-state index >= 15 is 0 Å². The highest BCUT2D eigenvalue weighted by molar-refractivity contribution is 9.11. The van der Waals surface area contributed by atoms with Crippen molar-refractivity contribution in [3.63, 3.8) is 0 Å². The number of hydrogen-bond acceptors (Lipinski definition) is 5. The third-order valence-electron chi connectivity index (χ3n) is 2.57. The molecule has 1 aromatic heterocycles. The maximum absolute atomic E-state index is 12.4. The maximum atomic E-state index is 12.4. The molecule has 8 heteroatoms. The zero-order valence-electron chi connectivity index (χ0n) is 11.3. The fraction of sp³-hybridized carbons (Fsp3) is 0.636. The van der Waals surface area contributed by atoms with E-state index in [0.29, 0.717) is 34.8 Å². The van der Waals surface area contributed by atoms with Crippen LogP contribution in [0.1, 0.15) is 11.3 Å². The first kappa shape index (κ1) is 17.1. The number of nitrogens with zero attached hydrogens (tertiary/aromatic N) is 1. The Hall–Kier alpha value is 0.01000. The van der Waals surface area contributed by atoms with Crippen LogP contribution in [-0.2, 0) is 21.3 Å². The average molecular weight is 371 g/mol. The normalized spacial score (nSPS) is 12.3. The lowest BCUT2D eigenvalue weighted by molar-refractivity contribution is 0.189. The van der Waals surface area contributed by atoms with Crippen molar-refractivity contribution in [1.82, 2.24) is 9.62 Å². The van der Waals surface area contributed by atoms with Crippen LogP contribution in [0.25, 0.3) is 0 Å². The molecule has 5 nitrogen and oxygen atoms in total. The van der Waals surface area contributed by atoms with Crippen molar-refractivity contribution in [3.8, 4) is 0 Å². The highest BCUT2D eigenvalue weighted by atomic mass is 79.9. The molecular formula is C11H19BrN2O3S2. The number of thiophene rings is 1. The lowest BCUT2D eigenvalue weighted by Gasteiger charge is -2.16. The molecule has 0 aliphatic carbocycles. The van der Waals surface area contributed by atoms with Crippen molar-refractivity contribution in [2.45, 2.75) is 17.9 Å². The molecule has 0 unspecified atom stereocenters. The minimum absolute atomic E-state index is 0.336. The van der Waals surface area contributed by atoms with Gasteiger partial charge in [0.15, 0.2) is 0 Å². The standard InChI is InChI=1S/C11H19BrN2O3S2/c1-13-8-9-7-10(11(12)18-9)19(15,16)14(2)5-4-6-17-3/h7,13H,4-6,8H2,1-3H3. The molecule has 0 saturated heterocycles. The van der Waals surface area contributed by atoms with E-state index < -0.39 is 10.0 Å². The summed E-state index contributed by atoms with van der Waals surface area (Å²) in [6.45, 7) is 1.65. The van der Waals surface area contributed by atoms with E-state index in [2.05, 4.69) is 21.2 Å². The van der Waals surface area contributed by atoms with Gasteiger partial charge >= 0.3 is 0 Å². The Balaban J connectivity index is 2.86. The van der Waals surface area contributed by atoms with Crippen molar-refractivity contribution in [2.75, 3.05) is 34.4 Å². The topological polar surface area (TPSA) is 58.6 Å². The van der Waals surface area contributed by atoms with Gasteiger partial charge in [0, 0.05) is 38.7 Å². The van der Waals surface area contributed by atoms with E-state index in [0.717, 1.165) is 4.88 Å². The van der Waals surface area contributed by atoms with E-state index in [9.17, 15) is 8.42 Å². The smallest absolute Gasteiger partial charge is 0.244 e. The van der Waals surface area contributed by atoms with Crippen molar-refractivity contribution >= 4 is 37.3 Å². The molecule has 0 atom stereocenters. The minimum Gasteiger partial charge on any atom is -0.385 e. The van der Waals surface area contributed by atoms with Crippen molar-refractivity contribution in [1.29, 1.82) is 0 Å². The van der Waals surface area contributed by atoms with Gasteiger partial charge < -0.3 is 10.1 Å². The van der Waals surface area contributed by atoms with Crippen LogP contribution < -0.4 is 5.32 Å². The first-order valence-corrected chi connectivity index (χ1v) is 8.86. The third kappa shape index (κ3) is 4.51. The van der Waals surface area contributed by atoms with Crippen LogP contribution in [0.4, 0.5) is 0 Å². The number of rotatable bonds is 8. The van der Waals surface area contributed by atoms with Gasteiger partial charge in [0.05, 0.1) is 3.79 Å². The van der Waals surface area contributed by atoms with Crippen molar-refractivity contribution in [3.05, 3.63) is 14.7 Å². The summed E-state index contributed by atoms with van der Waals surface area (Å²) in [4.78, 5) is 1.32. The quantitative estimate of drug-likeness (QED) is 0.709. The van der Waals surface area contributed by atoms with E-state index in [1.54, 1.807) is 20.2 Å². The number of sulfonamides is 1. The van der Waals surface area contributed by atoms with E-state index in [1.807, 2.05) is 7.05 Å². The first-order valence-electron chi connectivity index (χ1n) is 5.81. The predicted octanol–water partition coefficient (Wildman–Crippen LogP) is 1.89. The molecule has 0 radical (unpaired) electrons. The lowest BCUT2D eigenvalue weighted by Crippen LogP contribution is -2.28. The van der Waals surface area contributed by atoms with E-state index in [1.165, 1.54) is 15.6 Å². The summed E-state index contributed by atoms with van der Waals surface area (Å²) in [6, 6.07) is 1.72. The van der Waals surface area contributed by atoms with Crippen LogP contribution in [0, 0.1) is 0 Å². The maximum Gasteiger partial charge on any atom is 0.244 e. The first-order chi connectivity index (χ1) is 8.93. The molecule has 0 amide bonds. The summed E-state index contributed by atoms with van der Waals surface area (Å²) in [6.07, 6.45) is 0.678. The second kappa shape index (κ2) is 7.70. The van der Waals surface area contributed by atoms with Crippen LogP contribution in [0.5, 0.6) is 0 Å². The van der Waals surface area contributed by atoms with E-state index in [4.69, 9.17) is 4.74 Å². The second-order valence-corrected chi connectivity index (χ2v) is 8.52. The Morgan fingerprint density at radius 1 is 1.53 bits per heavy atom. The molecule has 0 bridgehead atoms. The molecule has 1 heterocycles. The largest absolute Gasteiger partial charge is 0.385 e. The highest BCUT2D eigenvalue weighted by Crippen LogP contribution is 2.33. The van der Waals surface area contributed by atoms with E-state index in [-0.39, 0.29) is 0 Å². The molecule has 1 aromatic rings. The number of nitrogens with one attached hydrogen (secondary N) is 1. The SMILES string of the molecule is CNCc1cc(S(=O)(=O)N(C)CCCOC)c(Br)s1. The Morgan fingerprint density at radius 3 is 2.79 bits per heavy atom. The molecule has 1 N–H and O–H groups in total. The monoisotopic (exact) mass is 370 g/mol. The minimum atomic E-state index is -3.43. The Labute approximate surface area is 127 Å². The number of hydrogen-bond donors (Lipinski definition) is 1. The molecule has 110 valence electrons. The van der Waals surface area contributed by atoms with Gasteiger partial charge in [-0.2, -0.15) is 0 Å². The third-order valence-corrected chi connectivity index (χ3v) is 6.68. The number of halogens is 1. The number of ether oxygens (including phenoxy) is 1. The molecule has 0 spiro atoms. The van der Waals surface area contributed by atoms with Gasteiger partial charge in [0.1, 0.15) is 4.90 Å². The average Bonchev–Trinajstić information content (AvgIpc) is 2.71. The van der Waals surface area contributed by atoms with Gasteiger partial charge in [-0.3, -0.25) is 0 Å². The zero-order valence-corrected chi connectivity index (χ0v) is 14.5. The molecular weight excluding hydrogens is 352 g/mol. The molecule has 19 heavy (non-hydrogen) atoms. The predicted molar refractivity (Wildman–Crippen MR) is 81.1 cm³/mol. The van der Waals surface area contributed by atoms with Crippen molar-refractivity contribution < 1.29 is 13.2 Å². The van der Waals surface area contributed by atoms with Crippen LogP contribution in [0.15, 0.2) is 14.7 Å². The lowest BCUT2D eigenvalue weighted by atomic mass is 10.4. The summed E-state index contributed by atoms with van der Waals surface area (Å²) in [5.74, 6) is 0. The van der Waals surface area contributed by atoms with Crippen LogP contribution >= 0.6 is 27.3 Å². The van der Waals surface area contributed by atoms with Crippen LogP contribution in [0.3, 0.4) is 0 Å². The van der Waals surface area contributed by atoms with Gasteiger partial charge in [-0.05, 0) is 35.5 Å². The molecule has 0 aliphatic rings. The summed E-state index contributed by atoms with van der Waals surface area (Å²) in [5, 5.41) is 3.01. The van der Waals surface area contributed by atoms with Gasteiger partial charge in [-0.1, -0.05) is 0 Å². The summed E-state index contributed by atoms with van der Waals surface area (Å²) >= 11 is 4.77. The summed E-state index contributed by atoms with van der Waals surface area (Å²) in [7, 11) is 1.59. The molecule has 0 fully saturated rings. The van der Waals surface area contributed by atoms with Crippen LogP contribution in [-0.4, -0.2) is 47.1 Å². The Kier molecular flexibility index (Phi) is 6.92. The Bertz CT molecular complexity index is 502. The highest BCUT2D eigenvalue weighted by Gasteiger charge is 2.25. The number of methoxy groups -OCH3 is 1. The molecule has 0 aromatic carbocycles. The molecule has 0 aliphatic heterocycles. The second-order valence-electron chi connectivity index (χ2n) is 4.05. The van der Waals surface area contributed by atoms with Crippen molar-refractivity contribution in [2.24, 2.45) is 0 Å². The van der Waals surface area contributed by atoms with Crippen LogP contribution in [0.2, 0.25) is 0 Å². The van der Waals surface area contributed by atoms with Gasteiger partial charge in [-0.15, -0.1) is 11.3 Å².